The number of halogens is 1. The van der Waals surface area contributed by atoms with Crippen LogP contribution in [0, 0.1) is 0 Å². The zero-order valence-electron chi connectivity index (χ0n) is 9.50. The van der Waals surface area contributed by atoms with Gasteiger partial charge in [-0.25, -0.2) is 0 Å². The zero-order valence-corrected chi connectivity index (χ0v) is 11.1. The van der Waals surface area contributed by atoms with E-state index in [4.69, 9.17) is 17.3 Å². The Morgan fingerprint density at radius 3 is 2.88 bits per heavy atom. The van der Waals surface area contributed by atoms with Crippen molar-refractivity contribution in [2.24, 2.45) is 0 Å². The summed E-state index contributed by atoms with van der Waals surface area (Å²) in [6.07, 6.45) is 2.55. The van der Waals surface area contributed by atoms with Gasteiger partial charge in [-0.1, -0.05) is 11.6 Å². The smallest absolute Gasteiger partial charge is 0.0590 e. The molecule has 0 heterocycles. The molecule has 0 saturated heterocycles. The molecule has 0 aromatic heterocycles. The first-order valence-corrected chi connectivity index (χ1v) is 7.21. The molecule has 16 heavy (non-hydrogen) atoms. The molecular formula is C11H17ClN2OS. The lowest BCUT2D eigenvalue weighted by Crippen LogP contribution is -2.18. The van der Waals surface area contributed by atoms with Crippen LogP contribution in [-0.4, -0.2) is 22.3 Å². The monoisotopic (exact) mass is 260 g/mol. The third-order valence-electron chi connectivity index (χ3n) is 2.26. The molecule has 0 fully saturated rings. The van der Waals surface area contributed by atoms with E-state index in [-0.39, 0.29) is 6.04 Å². The molecule has 0 bridgehead atoms. The maximum Gasteiger partial charge on any atom is 0.0590 e. The molecule has 5 heteroatoms. The molecule has 0 aliphatic carbocycles. The van der Waals surface area contributed by atoms with Crippen LogP contribution in [0.25, 0.3) is 0 Å². The van der Waals surface area contributed by atoms with Crippen molar-refractivity contribution in [1.82, 2.24) is 0 Å². The maximum atomic E-state index is 11.0. The van der Waals surface area contributed by atoms with Crippen LogP contribution in [0.4, 0.5) is 11.4 Å². The van der Waals surface area contributed by atoms with Gasteiger partial charge in [0.05, 0.1) is 11.4 Å². The molecule has 0 aliphatic heterocycles. The van der Waals surface area contributed by atoms with Crippen molar-refractivity contribution in [3.63, 3.8) is 0 Å². The van der Waals surface area contributed by atoms with Gasteiger partial charge < -0.3 is 11.1 Å². The van der Waals surface area contributed by atoms with E-state index in [1.165, 1.54) is 0 Å². The predicted octanol–water partition coefficient (Wildman–Crippen LogP) is 2.49. The predicted molar refractivity (Wildman–Crippen MR) is 72.5 cm³/mol. The Labute approximate surface area is 104 Å². The van der Waals surface area contributed by atoms with Crippen LogP contribution in [0.3, 0.4) is 0 Å². The number of rotatable bonds is 5. The van der Waals surface area contributed by atoms with Gasteiger partial charge in [-0.2, -0.15) is 0 Å². The van der Waals surface area contributed by atoms with E-state index >= 15 is 0 Å². The van der Waals surface area contributed by atoms with Crippen molar-refractivity contribution in [1.29, 1.82) is 0 Å². The minimum Gasteiger partial charge on any atom is -0.397 e. The van der Waals surface area contributed by atoms with Crippen molar-refractivity contribution >= 4 is 33.8 Å². The number of nitrogens with one attached hydrogen (secondary N) is 1. The Hall–Kier alpha value is -0.740. The van der Waals surface area contributed by atoms with Crippen LogP contribution in [0.5, 0.6) is 0 Å². The Kier molecular flexibility index (Phi) is 5.09. The highest BCUT2D eigenvalue weighted by Crippen LogP contribution is 2.23. The summed E-state index contributed by atoms with van der Waals surface area (Å²) in [6.45, 7) is 2.03. The average molecular weight is 261 g/mol. The largest absolute Gasteiger partial charge is 0.397 e. The Bertz CT molecular complexity index is 384. The van der Waals surface area contributed by atoms with E-state index < -0.39 is 10.8 Å². The van der Waals surface area contributed by atoms with E-state index in [1.807, 2.05) is 6.92 Å². The van der Waals surface area contributed by atoms with Gasteiger partial charge in [-0.3, -0.25) is 4.21 Å². The minimum absolute atomic E-state index is 0.227. The summed E-state index contributed by atoms with van der Waals surface area (Å²) in [5.74, 6) is 0.689. The second-order valence-electron chi connectivity index (χ2n) is 3.84. The van der Waals surface area contributed by atoms with Crippen LogP contribution in [-0.2, 0) is 10.8 Å². The fourth-order valence-corrected chi connectivity index (χ4v) is 2.19. The van der Waals surface area contributed by atoms with Gasteiger partial charge in [-0.15, -0.1) is 0 Å². The van der Waals surface area contributed by atoms with Gasteiger partial charge in [0.1, 0.15) is 0 Å². The summed E-state index contributed by atoms with van der Waals surface area (Å²) in [7, 11) is -0.751. The highest BCUT2D eigenvalue weighted by atomic mass is 35.5. The van der Waals surface area contributed by atoms with E-state index in [0.29, 0.717) is 16.5 Å². The third-order valence-corrected chi connectivity index (χ3v) is 3.30. The molecule has 1 aromatic rings. The van der Waals surface area contributed by atoms with Gasteiger partial charge in [0, 0.05) is 33.9 Å². The number of anilines is 2. The molecule has 0 amide bonds. The van der Waals surface area contributed by atoms with Crippen LogP contribution in [0.15, 0.2) is 18.2 Å². The highest BCUT2D eigenvalue weighted by Gasteiger charge is 2.06. The quantitative estimate of drug-likeness (QED) is 0.800. The third kappa shape index (κ3) is 4.41. The molecule has 0 radical (unpaired) electrons. The molecule has 0 spiro atoms. The Morgan fingerprint density at radius 2 is 2.25 bits per heavy atom. The van der Waals surface area contributed by atoms with Crippen LogP contribution in [0.1, 0.15) is 13.3 Å². The SMILES string of the molecule is CC(CCS(C)=O)Nc1cc(Cl)ccc1N. The van der Waals surface area contributed by atoms with Gasteiger partial charge in [0.15, 0.2) is 0 Å². The standard InChI is InChI=1S/C11H17ClN2OS/c1-8(5-6-16(2)15)14-11-7-9(12)3-4-10(11)13/h3-4,7-8,14H,5-6,13H2,1-2H3. The van der Waals surface area contributed by atoms with Crippen LogP contribution >= 0.6 is 11.6 Å². The molecule has 1 aromatic carbocycles. The molecule has 3 N–H and O–H groups in total. The molecule has 0 aliphatic rings. The van der Waals surface area contributed by atoms with Gasteiger partial charge in [0.25, 0.3) is 0 Å². The van der Waals surface area contributed by atoms with Crippen LogP contribution in [0.2, 0.25) is 5.02 Å². The number of nitrogen functional groups attached to an aromatic ring is 1. The molecule has 0 saturated carbocycles. The van der Waals surface area contributed by atoms with E-state index in [9.17, 15) is 4.21 Å². The van der Waals surface area contributed by atoms with Crippen molar-refractivity contribution < 1.29 is 4.21 Å². The van der Waals surface area contributed by atoms with E-state index in [0.717, 1.165) is 12.1 Å². The summed E-state index contributed by atoms with van der Waals surface area (Å²) < 4.78 is 11.0. The Morgan fingerprint density at radius 1 is 1.56 bits per heavy atom. The molecular weight excluding hydrogens is 244 g/mol. The first-order valence-electron chi connectivity index (χ1n) is 5.10. The minimum atomic E-state index is -0.751. The fourth-order valence-electron chi connectivity index (χ4n) is 1.33. The number of nitrogens with two attached hydrogens (primary N) is 1. The molecule has 3 nitrogen and oxygen atoms in total. The number of hydrogen-bond acceptors (Lipinski definition) is 3. The lowest BCUT2D eigenvalue weighted by molar-refractivity contribution is 0.678. The maximum absolute atomic E-state index is 11.0. The van der Waals surface area contributed by atoms with Crippen molar-refractivity contribution in [3.05, 3.63) is 23.2 Å². The lowest BCUT2D eigenvalue weighted by Gasteiger charge is -2.16. The number of hydrogen-bond donors (Lipinski definition) is 2. The van der Waals surface area contributed by atoms with Crippen molar-refractivity contribution in [2.75, 3.05) is 23.1 Å². The highest BCUT2D eigenvalue weighted by molar-refractivity contribution is 7.84. The fraction of sp³-hybridized carbons (Fsp3) is 0.455. The normalized spacial score (nSPS) is 14.4. The summed E-state index contributed by atoms with van der Waals surface area (Å²) in [6, 6.07) is 5.56. The Balaban J connectivity index is 2.58. The summed E-state index contributed by atoms with van der Waals surface area (Å²) in [4.78, 5) is 0. The summed E-state index contributed by atoms with van der Waals surface area (Å²) >= 11 is 5.88. The van der Waals surface area contributed by atoms with Crippen molar-refractivity contribution in [2.45, 2.75) is 19.4 Å². The van der Waals surface area contributed by atoms with Crippen molar-refractivity contribution in [3.8, 4) is 0 Å². The van der Waals surface area contributed by atoms with Gasteiger partial charge in [0.2, 0.25) is 0 Å². The summed E-state index contributed by atoms with van der Waals surface area (Å²) in [5.41, 5.74) is 7.32. The van der Waals surface area contributed by atoms with E-state index in [1.54, 1.807) is 24.5 Å². The topological polar surface area (TPSA) is 55.1 Å². The van der Waals surface area contributed by atoms with E-state index in [2.05, 4.69) is 5.32 Å². The zero-order chi connectivity index (χ0) is 12.1. The summed E-state index contributed by atoms with van der Waals surface area (Å²) in [5, 5.41) is 3.92. The van der Waals surface area contributed by atoms with Gasteiger partial charge >= 0.3 is 0 Å². The molecule has 90 valence electrons. The lowest BCUT2D eigenvalue weighted by atomic mass is 10.2. The number of benzene rings is 1. The van der Waals surface area contributed by atoms with Crippen LogP contribution < -0.4 is 11.1 Å². The molecule has 2 unspecified atom stereocenters. The second kappa shape index (κ2) is 6.11. The first kappa shape index (κ1) is 13.3. The first-order chi connectivity index (χ1) is 7.49. The molecule has 1 rings (SSSR count). The second-order valence-corrected chi connectivity index (χ2v) is 5.83. The average Bonchev–Trinajstić information content (AvgIpc) is 2.20. The molecule has 2 atom stereocenters. The van der Waals surface area contributed by atoms with Gasteiger partial charge in [-0.05, 0) is 31.5 Å².